The highest BCUT2D eigenvalue weighted by Gasteiger charge is 2.30. The molecule has 9 heteroatoms. The van der Waals surface area contributed by atoms with Crippen molar-refractivity contribution in [2.24, 2.45) is 0 Å². The Morgan fingerprint density at radius 1 is 1.10 bits per heavy atom. The van der Waals surface area contributed by atoms with Crippen LogP contribution in [0.2, 0.25) is 0 Å². The summed E-state index contributed by atoms with van der Waals surface area (Å²) in [5, 5.41) is 3.07. The van der Waals surface area contributed by atoms with Crippen molar-refractivity contribution in [3.05, 3.63) is 23.8 Å². The molecule has 0 bridgehead atoms. The number of hydrogen-bond acceptors (Lipinski definition) is 6. The van der Waals surface area contributed by atoms with Gasteiger partial charge < -0.3 is 15.0 Å². The van der Waals surface area contributed by atoms with Crippen LogP contribution in [0, 0.1) is 0 Å². The number of anilines is 1. The molecule has 0 unspecified atom stereocenters. The van der Waals surface area contributed by atoms with Crippen LogP contribution in [-0.2, 0) is 14.8 Å². The fourth-order valence-corrected chi connectivity index (χ4v) is 5.08. The monoisotopic (exact) mass is 452 g/mol. The average Bonchev–Trinajstić information content (AvgIpc) is 2.78. The van der Waals surface area contributed by atoms with Gasteiger partial charge in [0.15, 0.2) is 0 Å². The molecule has 0 aromatic heterocycles. The number of nitrogens with one attached hydrogen (secondary N) is 1. The van der Waals surface area contributed by atoms with Crippen molar-refractivity contribution in [3.8, 4) is 0 Å². The van der Waals surface area contributed by atoms with Gasteiger partial charge in [0.1, 0.15) is 0 Å². The van der Waals surface area contributed by atoms with Crippen LogP contribution in [0.15, 0.2) is 23.1 Å². The van der Waals surface area contributed by atoms with Gasteiger partial charge in [0.05, 0.1) is 23.7 Å². The van der Waals surface area contributed by atoms with Crippen LogP contribution in [0.1, 0.15) is 43.5 Å². The maximum Gasteiger partial charge on any atom is 0.253 e. The Kier molecular flexibility index (Phi) is 7.62. The lowest BCUT2D eigenvalue weighted by molar-refractivity contribution is -0.00923. The van der Waals surface area contributed by atoms with Crippen LogP contribution < -0.4 is 10.2 Å². The SMILES string of the molecule is CN(C)S(=O)(=O)c1ccc(N2CCCCC2)c(C(=O)NCC(C)(C)N2CCOCC2)c1. The zero-order chi connectivity index (χ0) is 22.6. The van der Waals surface area contributed by atoms with E-state index < -0.39 is 10.0 Å². The molecule has 1 amide bonds. The predicted molar refractivity (Wildman–Crippen MR) is 122 cm³/mol. The molecule has 1 aromatic carbocycles. The molecular formula is C22H36N4O4S. The Labute approximate surface area is 186 Å². The summed E-state index contributed by atoms with van der Waals surface area (Å²) >= 11 is 0. The van der Waals surface area contributed by atoms with Crippen LogP contribution in [0.3, 0.4) is 0 Å². The predicted octanol–water partition coefficient (Wildman–Crippen LogP) is 1.77. The number of hydrogen-bond donors (Lipinski definition) is 1. The lowest BCUT2D eigenvalue weighted by atomic mass is 10.0. The van der Waals surface area contributed by atoms with Crippen LogP contribution in [0.4, 0.5) is 5.69 Å². The molecule has 2 aliphatic rings. The summed E-state index contributed by atoms with van der Waals surface area (Å²) in [5.41, 5.74) is 1.000. The molecule has 0 saturated carbocycles. The van der Waals surface area contributed by atoms with E-state index in [1.165, 1.54) is 30.9 Å². The maximum absolute atomic E-state index is 13.3. The van der Waals surface area contributed by atoms with E-state index in [4.69, 9.17) is 4.74 Å². The number of ether oxygens (including phenoxy) is 1. The van der Waals surface area contributed by atoms with Gasteiger partial charge in [0.2, 0.25) is 10.0 Å². The third kappa shape index (κ3) is 5.58. The molecule has 8 nitrogen and oxygen atoms in total. The number of amides is 1. The van der Waals surface area contributed by atoms with E-state index in [1.807, 2.05) is 0 Å². The van der Waals surface area contributed by atoms with Gasteiger partial charge in [0, 0.05) is 58.0 Å². The van der Waals surface area contributed by atoms with Crippen molar-refractivity contribution in [1.29, 1.82) is 0 Å². The summed E-state index contributed by atoms with van der Waals surface area (Å²) in [5.74, 6) is -0.238. The first-order chi connectivity index (χ1) is 14.6. The van der Waals surface area contributed by atoms with Crippen molar-refractivity contribution in [3.63, 3.8) is 0 Å². The van der Waals surface area contributed by atoms with Gasteiger partial charge in [-0.15, -0.1) is 0 Å². The Bertz CT molecular complexity index is 873. The molecule has 0 atom stereocenters. The Balaban J connectivity index is 1.85. The number of carbonyl (C=O) groups is 1. The molecule has 2 aliphatic heterocycles. The van der Waals surface area contributed by atoms with E-state index in [2.05, 4.69) is 29.0 Å². The zero-order valence-electron chi connectivity index (χ0n) is 19.2. The van der Waals surface area contributed by atoms with Gasteiger partial charge in [-0.2, -0.15) is 0 Å². The smallest absolute Gasteiger partial charge is 0.253 e. The number of piperidine rings is 1. The van der Waals surface area contributed by atoms with Gasteiger partial charge in [-0.05, 0) is 51.3 Å². The van der Waals surface area contributed by atoms with Crippen molar-refractivity contribution >= 4 is 21.6 Å². The second kappa shape index (κ2) is 9.85. The average molecular weight is 453 g/mol. The van der Waals surface area contributed by atoms with Crippen LogP contribution >= 0.6 is 0 Å². The third-order valence-electron chi connectivity index (χ3n) is 6.24. The molecular weight excluding hydrogens is 416 g/mol. The minimum atomic E-state index is -3.63. The second-order valence-electron chi connectivity index (χ2n) is 9.11. The highest BCUT2D eigenvalue weighted by molar-refractivity contribution is 7.89. The Hall–Kier alpha value is -1.68. The minimum absolute atomic E-state index is 0.135. The summed E-state index contributed by atoms with van der Waals surface area (Å²) in [7, 11) is -0.631. The first kappa shape index (κ1) is 24.0. The van der Waals surface area contributed by atoms with Gasteiger partial charge in [0.25, 0.3) is 5.91 Å². The summed E-state index contributed by atoms with van der Waals surface area (Å²) < 4.78 is 32.0. The first-order valence-electron chi connectivity index (χ1n) is 11.1. The van der Waals surface area contributed by atoms with Crippen molar-refractivity contribution in [2.75, 3.05) is 64.9 Å². The van der Waals surface area contributed by atoms with Crippen molar-refractivity contribution < 1.29 is 17.9 Å². The largest absolute Gasteiger partial charge is 0.379 e. The fraction of sp³-hybridized carbons (Fsp3) is 0.682. The second-order valence-corrected chi connectivity index (χ2v) is 11.3. The molecule has 1 N–H and O–H groups in total. The van der Waals surface area contributed by atoms with Crippen LogP contribution in [0.25, 0.3) is 0 Å². The van der Waals surface area contributed by atoms with E-state index in [0.29, 0.717) is 25.3 Å². The quantitative estimate of drug-likeness (QED) is 0.679. The van der Waals surface area contributed by atoms with Gasteiger partial charge in [-0.25, -0.2) is 12.7 Å². The highest BCUT2D eigenvalue weighted by Crippen LogP contribution is 2.28. The van der Waals surface area contributed by atoms with E-state index in [0.717, 1.165) is 44.7 Å². The van der Waals surface area contributed by atoms with Crippen molar-refractivity contribution in [1.82, 2.24) is 14.5 Å². The Morgan fingerprint density at radius 2 is 1.74 bits per heavy atom. The summed E-state index contributed by atoms with van der Waals surface area (Å²) in [4.78, 5) is 17.9. The number of carbonyl (C=O) groups excluding carboxylic acids is 1. The molecule has 1 aromatic rings. The van der Waals surface area contributed by atoms with Crippen molar-refractivity contribution in [2.45, 2.75) is 43.5 Å². The lowest BCUT2D eigenvalue weighted by Crippen LogP contribution is -2.55. The molecule has 2 heterocycles. The van der Waals surface area contributed by atoms with E-state index in [1.54, 1.807) is 12.1 Å². The van der Waals surface area contributed by atoms with Crippen LogP contribution in [0.5, 0.6) is 0 Å². The summed E-state index contributed by atoms with van der Waals surface area (Å²) in [6.45, 7) is 9.49. The van der Waals surface area contributed by atoms with Gasteiger partial charge in [-0.3, -0.25) is 9.69 Å². The summed E-state index contributed by atoms with van der Waals surface area (Å²) in [6, 6.07) is 4.91. The standard InChI is InChI=1S/C22H36N4O4S/c1-22(2,26-12-14-30-15-13-26)17-23-21(27)19-16-18(31(28,29)24(3)4)8-9-20(19)25-10-6-5-7-11-25/h8-9,16H,5-7,10-15,17H2,1-4H3,(H,23,27). The van der Waals surface area contributed by atoms with Crippen LogP contribution in [-0.4, -0.2) is 89.1 Å². The maximum atomic E-state index is 13.3. The molecule has 0 aliphatic carbocycles. The molecule has 0 spiro atoms. The molecule has 2 saturated heterocycles. The summed E-state index contributed by atoms with van der Waals surface area (Å²) in [6.07, 6.45) is 3.32. The zero-order valence-corrected chi connectivity index (χ0v) is 20.0. The lowest BCUT2D eigenvalue weighted by Gasteiger charge is -2.41. The van der Waals surface area contributed by atoms with E-state index in [9.17, 15) is 13.2 Å². The topological polar surface area (TPSA) is 82.2 Å². The Morgan fingerprint density at radius 3 is 2.35 bits per heavy atom. The molecule has 174 valence electrons. The number of morpholine rings is 1. The number of nitrogens with zero attached hydrogens (tertiary/aromatic N) is 3. The molecule has 3 rings (SSSR count). The highest BCUT2D eigenvalue weighted by atomic mass is 32.2. The fourth-order valence-electron chi connectivity index (χ4n) is 4.15. The van der Waals surface area contributed by atoms with Gasteiger partial charge >= 0.3 is 0 Å². The molecule has 0 radical (unpaired) electrons. The third-order valence-corrected chi connectivity index (χ3v) is 8.05. The first-order valence-corrected chi connectivity index (χ1v) is 12.5. The number of rotatable bonds is 7. The molecule has 31 heavy (non-hydrogen) atoms. The number of sulfonamides is 1. The normalized spacial score (nSPS) is 18.9. The van der Waals surface area contributed by atoms with E-state index in [-0.39, 0.29) is 16.3 Å². The van der Waals surface area contributed by atoms with E-state index >= 15 is 0 Å². The molecule has 2 fully saturated rings. The van der Waals surface area contributed by atoms with Gasteiger partial charge in [-0.1, -0.05) is 0 Å². The number of benzene rings is 1. The minimum Gasteiger partial charge on any atom is -0.379 e.